The van der Waals surface area contributed by atoms with Crippen molar-refractivity contribution < 1.29 is 4.42 Å². The van der Waals surface area contributed by atoms with E-state index in [-0.39, 0.29) is 6.04 Å². The smallest absolute Gasteiger partial charge is 0.255 e. The molecule has 84 valence electrons. The van der Waals surface area contributed by atoms with E-state index in [9.17, 15) is 0 Å². The van der Waals surface area contributed by atoms with Gasteiger partial charge in [0.15, 0.2) is 0 Å². The van der Waals surface area contributed by atoms with Crippen molar-refractivity contribution in [2.45, 2.75) is 49.6 Å². The van der Waals surface area contributed by atoms with Gasteiger partial charge in [-0.3, -0.25) is 0 Å². The summed E-state index contributed by atoms with van der Waals surface area (Å²) in [5.41, 5.74) is 6.53. The Labute approximate surface area is 94.8 Å². The van der Waals surface area contributed by atoms with Gasteiger partial charge in [0.1, 0.15) is 6.26 Å². The summed E-state index contributed by atoms with van der Waals surface area (Å²) >= 11 is 1.68. The largest absolute Gasteiger partial charge is 0.440 e. The first kappa shape index (κ1) is 11.0. The first-order valence-corrected chi connectivity index (χ1v) is 6.26. The maximum absolute atomic E-state index is 6.13. The van der Waals surface area contributed by atoms with Crippen LogP contribution in [0.25, 0.3) is 0 Å². The molecule has 2 N–H and O–H groups in total. The topological polar surface area (TPSA) is 52.0 Å². The van der Waals surface area contributed by atoms with E-state index in [4.69, 9.17) is 10.2 Å². The van der Waals surface area contributed by atoms with Crippen molar-refractivity contribution in [1.29, 1.82) is 0 Å². The third-order valence-electron chi connectivity index (χ3n) is 3.05. The highest BCUT2D eigenvalue weighted by molar-refractivity contribution is 7.99. The Bertz CT molecular complexity index is 310. The Morgan fingerprint density at radius 2 is 2.40 bits per heavy atom. The zero-order valence-corrected chi connectivity index (χ0v) is 10.1. The first-order chi connectivity index (χ1) is 7.07. The summed E-state index contributed by atoms with van der Waals surface area (Å²) in [5.74, 6) is 0. The maximum Gasteiger partial charge on any atom is 0.255 e. The van der Waals surface area contributed by atoms with Crippen LogP contribution in [0, 0.1) is 5.41 Å². The molecule has 4 heteroatoms. The number of nitrogens with zero attached hydrogens (tertiary/aromatic N) is 1. The Morgan fingerprint density at radius 3 is 3.07 bits per heavy atom. The zero-order valence-electron chi connectivity index (χ0n) is 9.27. The Hall–Kier alpha value is -0.480. The molecule has 0 saturated heterocycles. The van der Waals surface area contributed by atoms with Crippen molar-refractivity contribution in [3.63, 3.8) is 0 Å². The third kappa shape index (κ3) is 2.75. The summed E-state index contributed by atoms with van der Waals surface area (Å²) in [7, 11) is 0. The molecule has 2 rings (SSSR count). The molecule has 3 nitrogen and oxygen atoms in total. The summed E-state index contributed by atoms with van der Waals surface area (Å²) in [6.07, 6.45) is 6.76. The minimum absolute atomic E-state index is 0.273. The molecule has 2 atom stereocenters. The predicted octanol–water partition coefficient (Wildman–Crippen LogP) is 2.67. The molecule has 0 spiro atoms. The van der Waals surface area contributed by atoms with E-state index in [2.05, 4.69) is 18.8 Å². The lowest BCUT2D eigenvalue weighted by atomic mass is 9.75. The molecule has 1 saturated carbocycles. The van der Waals surface area contributed by atoms with Gasteiger partial charge in [0.25, 0.3) is 5.22 Å². The number of hydrogen-bond acceptors (Lipinski definition) is 4. The van der Waals surface area contributed by atoms with Crippen LogP contribution in [0.2, 0.25) is 0 Å². The Morgan fingerprint density at radius 1 is 1.60 bits per heavy atom. The number of oxazole rings is 1. The number of rotatable bonds is 2. The Kier molecular flexibility index (Phi) is 3.07. The molecule has 0 aliphatic heterocycles. The van der Waals surface area contributed by atoms with Gasteiger partial charge in [0, 0.05) is 11.3 Å². The number of nitrogens with two attached hydrogens (primary N) is 1. The lowest BCUT2D eigenvalue weighted by Gasteiger charge is -2.38. The molecule has 1 aromatic heterocycles. The lowest BCUT2D eigenvalue weighted by molar-refractivity contribution is 0.231. The van der Waals surface area contributed by atoms with E-state index < -0.39 is 0 Å². The second-order valence-corrected chi connectivity index (χ2v) is 6.22. The van der Waals surface area contributed by atoms with E-state index in [1.54, 1.807) is 24.2 Å². The molecule has 0 bridgehead atoms. The SMILES string of the molecule is CC1(C)CCC(N)C(Sc2ncco2)C1. The van der Waals surface area contributed by atoms with Crippen LogP contribution < -0.4 is 5.73 Å². The highest BCUT2D eigenvalue weighted by atomic mass is 32.2. The van der Waals surface area contributed by atoms with Gasteiger partial charge in [-0.1, -0.05) is 25.6 Å². The van der Waals surface area contributed by atoms with Crippen LogP contribution in [0.3, 0.4) is 0 Å². The van der Waals surface area contributed by atoms with Crippen LogP contribution in [0.5, 0.6) is 0 Å². The van der Waals surface area contributed by atoms with Gasteiger partial charge in [0.2, 0.25) is 0 Å². The monoisotopic (exact) mass is 226 g/mol. The minimum Gasteiger partial charge on any atom is -0.440 e. The van der Waals surface area contributed by atoms with Crippen LogP contribution in [0.4, 0.5) is 0 Å². The zero-order chi connectivity index (χ0) is 10.9. The van der Waals surface area contributed by atoms with E-state index in [0.29, 0.717) is 10.7 Å². The fraction of sp³-hybridized carbons (Fsp3) is 0.727. The van der Waals surface area contributed by atoms with Crippen molar-refractivity contribution in [2.24, 2.45) is 11.1 Å². The van der Waals surface area contributed by atoms with Gasteiger partial charge in [-0.15, -0.1) is 0 Å². The van der Waals surface area contributed by atoms with Crippen LogP contribution >= 0.6 is 11.8 Å². The van der Waals surface area contributed by atoms with Gasteiger partial charge >= 0.3 is 0 Å². The quantitative estimate of drug-likeness (QED) is 0.842. The van der Waals surface area contributed by atoms with E-state index in [0.717, 1.165) is 18.1 Å². The van der Waals surface area contributed by atoms with Crippen molar-refractivity contribution in [2.75, 3.05) is 0 Å². The third-order valence-corrected chi connectivity index (χ3v) is 4.27. The average molecular weight is 226 g/mol. The summed E-state index contributed by atoms with van der Waals surface area (Å²) in [6, 6.07) is 0.273. The van der Waals surface area contributed by atoms with Crippen LogP contribution in [-0.2, 0) is 0 Å². The highest BCUT2D eigenvalue weighted by Crippen LogP contribution is 2.41. The van der Waals surface area contributed by atoms with Gasteiger partial charge < -0.3 is 10.2 Å². The molecule has 1 fully saturated rings. The van der Waals surface area contributed by atoms with Crippen LogP contribution in [0.1, 0.15) is 33.1 Å². The minimum atomic E-state index is 0.273. The second-order valence-electron chi connectivity index (χ2n) is 5.03. The molecular weight excluding hydrogens is 208 g/mol. The molecule has 2 unspecified atom stereocenters. The lowest BCUT2D eigenvalue weighted by Crippen LogP contribution is -2.41. The number of aromatic nitrogens is 1. The standard InChI is InChI=1S/C11H18N2OS/c1-11(2)4-3-8(12)9(7-11)15-10-13-5-6-14-10/h5-6,8-9H,3-4,7,12H2,1-2H3. The molecule has 1 heterocycles. The van der Waals surface area contributed by atoms with Crippen molar-refractivity contribution in [1.82, 2.24) is 4.98 Å². The number of hydrogen-bond donors (Lipinski definition) is 1. The van der Waals surface area contributed by atoms with Gasteiger partial charge in [0.05, 0.1) is 6.20 Å². The molecule has 0 aromatic carbocycles. The average Bonchev–Trinajstić information content (AvgIpc) is 2.64. The summed E-state index contributed by atoms with van der Waals surface area (Å²) < 4.78 is 5.25. The van der Waals surface area contributed by atoms with Crippen molar-refractivity contribution in [3.05, 3.63) is 12.5 Å². The molecular formula is C11H18N2OS. The molecule has 1 aromatic rings. The Balaban J connectivity index is 2.01. The van der Waals surface area contributed by atoms with Crippen molar-refractivity contribution in [3.8, 4) is 0 Å². The van der Waals surface area contributed by atoms with Crippen LogP contribution in [-0.4, -0.2) is 16.3 Å². The fourth-order valence-electron chi connectivity index (χ4n) is 2.07. The van der Waals surface area contributed by atoms with Gasteiger partial charge in [-0.05, 0) is 24.7 Å². The maximum atomic E-state index is 6.13. The van der Waals surface area contributed by atoms with Gasteiger partial charge in [-0.2, -0.15) is 0 Å². The molecule has 1 aliphatic rings. The summed E-state index contributed by atoms with van der Waals surface area (Å²) in [6.45, 7) is 4.62. The van der Waals surface area contributed by atoms with Gasteiger partial charge in [-0.25, -0.2) is 4.98 Å². The van der Waals surface area contributed by atoms with Crippen molar-refractivity contribution >= 4 is 11.8 Å². The van der Waals surface area contributed by atoms with Crippen LogP contribution in [0.15, 0.2) is 22.1 Å². The molecule has 0 amide bonds. The molecule has 15 heavy (non-hydrogen) atoms. The highest BCUT2D eigenvalue weighted by Gasteiger charge is 2.34. The van der Waals surface area contributed by atoms with E-state index in [1.807, 2.05) is 0 Å². The molecule has 1 aliphatic carbocycles. The molecule has 0 radical (unpaired) electrons. The normalized spacial score (nSPS) is 30.3. The summed E-state index contributed by atoms with van der Waals surface area (Å²) in [4.78, 5) is 4.13. The first-order valence-electron chi connectivity index (χ1n) is 5.39. The van der Waals surface area contributed by atoms with E-state index in [1.165, 1.54) is 6.42 Å². The fourth-order valence-corrected chi connectivity index (χ4v) is 3.41. The summed E-state index contributed by atoms with van der Waals surface area (Å²) in [5, 5.41) is 1.18. The second kappa shape index (κ2) is 4.18. The van der Waals surface area contributed by atoms with E-state index >= 15 is 0 Å². The predicted molar refractivity (Wildman–Crippen MR) is 61.8 cm³/mol. The number of thioether (sulfide) groups is 1.